The average Bonchev–Trinajstić information content (AvgIpc) is 3.35. The van der Waals surface area contributed by atoms with Crippen molar-refractivity contribution in [3.63, 3.8) is 0 Å². The predicted octanol–water partition coefficient (Wildman–Crippen LogP) is 0.868. The van der Waals surface area contributed by atoms with Gasteiger partial charge in [0, 0.05) is 65.2 Å². The number of hydrogen-bond acceptors (Lipinski definition) is 5. The van der Waals surface area contributed by atoms with Crippen molar-refractivity contribution in [1.29, 1.82) is 0 Å². The summed E-state index contributed by atoms with van der Waals surface area (Å²) in [6, 6.07) is 6.54. The van der Waals surface area contributed by atoms with Crippen LogP contribution in [0.4, 0.5) is 0 Å². The Hall–Kier alpha value is -2.12. The summed E-state index contributed by atoms with van der Waals surface area (Å²) in [6.45, 7) is 8.31. The van der Waals surface area contributed by atoms with Gasteiger partial charge >= 0.3 is 0 Å². The van der Waals surface area contributed by atoms with Gasteiger partial charge in [0.05, 0.1) is 13.2 Å². The van der Waals surface area contributed by atoms with Gasteiger partial charge in [0.1, 0.15) is 5.75 Å². The first-order valence-electron chi connectivity index (χ1n) is 10.9. The number of nitrogens with one attached hydrogen (secondary N) is 1. The summed E-state index contributed by atoms with van der Waals surface area (Å²) in [5, 5.41) is 3.00. The molecule has 2 fully saturated rings. The van der Waals surface area contributed by atoms with E-state index in [1.165, 1.54) is 11.1 Å². The van der Waals surface area contributed by atoms with Crippen LogP contribution in [0, 0.1) is 0 Å². The minimum absolute atomic E-state index is 0.0878. The van der Waals surface area contributed by atoms with Crippen molar-refractivity contribution in [2.24, 2.45) is 0 Å². The van der Waals surface area contributed by atoms with Crippen molar-refractivity contribution in [3.8, 4) is 5.75 Å². The number of fused-ring (bicyclic) bond motifs is 1. The van der Waals surface area contributed by atoms with E-state index in [2.05, 4.69) is 33.3 Å². The lowest BCUT2D eigenvalue weighted by atomic mass is 10.1. The number of rotatable bonds is 8. The SMILES string of the molecule is O=C(CN1CCN(Cc2ccc3c(c2)CCO3)CC1)NCCCN1CCCC1=O. The minimum Gasteiger partial charge on any atom is -0.493 e. The fraction of sp³-hybridized carbons (Fsp3) is 0.636. The van der Waals surface area contributed by atoms with Crippen LogP contribution in [0.1, 0.15) is 30.4 Å². The highest BCUT2D eigenvalue weighted by Crippen LogP contribution is 2.26. The molecule has 0 aromatic heterocycles. The van der Waals surface area contributed by atoms with E-state index >= 15 is 0 Å². The molecule has 0 atom stereocenters. The standard InChI is InChI=1S/C22H32N4O3/c27-21(23-7-2-9-26-8-1-3-22(26)28)17-25-12-10-24(11-13-25)16-18-4-5-20-19(15-18)6-14-29-20/h4-5,15H,1-3,6-14,16-17H2,(H,23,27). The summed E-state index contributed by atoms with van der Waals surface area (Å²) in [7, 11) is 0. The summed E-state index contributed by atoms with van der Waals surface area (Å²) < 4.78 is 5.58. The van der Waals surface area contributed by atoms with Gasteiger partial charge in [-0.2, -0.15) is 0 Å². The number of likely N-dealkylation sites (tertiary alicyclic amines) is 1. The van der Waals surface area contributed by atoms with Gasteiger partial charge in [-0.3, -0.25) is 19.4 Å². The smallest absolute Gasteiger partial charge is 0.234 e. The highest BCUT2D eigenvalue weighted by molar-refractivity contribution is 5.78. The Bertz CT molecular complexity index is 731. The molecule has 3 heterocycles. The number of hydrogen-bond donors (Lipinski definition) is 1. The zero-order valence-corrected chi connectivity index (χ0v) is 17.2. The fourth-order valence-corrected chi connectivity index (χ4v) is 4.40. The summed E-state index contributed by atoms with van der Waals surface area (Å²) in [5.74, 6) is 1.38. The van der Waals surface area contributed by atoms with Gasteiger partial charge in [-0.1, -0.05) is 12.1 Å². The first-order chi connectivity index (χ1) is 14.2. The Morgan fingerprint density at radius 3 is 2.69 bits per heavy atom. The molecule has 0 spiro atoms. The minimum atomic E-state index is 0.0878. The lowest BCUT2D eigenvalue weighted by molar-refractivity contribution is -0.127. The van der Waals surface area contributed by atoms with Crippen LogP contribution in [0.2, 0.25) is 0 Å². The Balaban J connectivity index is 1.11. The molecule has 4 rings (SSSR count). The van der Waals surface area contributed by atoms with Crippen LogP contribution in [0.15, 0.2) is 18.2 Å². The molecular weight excluding hydrogens is 368 g/mol. The molecule has 7 nitrogen and oxygen atoms in total. The molecule has 0 unspecified atom stereocenters. The Labute approximate surface area is 173 Å². The molecule has 158 valence electrons. The number of ether oxygens (including phenoxy) is 1. The number of amides is 2. The molecule has 1 N–H and O–H groups in total. The van der Waals surface area contributed by atoms with Crippen molar-refractivity contribution >= 4 is 11.8 Å². The van der Waals surface area contributed by atoms with Crippen molar-refractivity contribution < 1.29 is 14.3 Å². The largest absolute Gasteiger partial charge is 0.493 e. The molecule has 1 aromatic carbocycles. The number of benzene rings is 1. The first-order valence-corrected chi connectivity index (χ1v) is 10.9. The molecule has 0 bridgehead atoms. The van der Waals surface area contributed by atoms with E-state index in [1.807, 2.05) is 4.90 Å². The van der Waals surface area contributed by atoms with E-state index in [9.17, 15) is 9.59 Å². The van der Waals surface area contributed by atoms with Crippen LogP contribution >= 0.6 is 0 Å². The second-order valence-corrected chi connectivity index (χ2v) is 8.28. The van der Waals surface area contributed by atoms with Gasteiger partial charge in [-0.05, 0) is 30.0 Å². The van der Waals surface area contributed by atoms with Crippen LogP contribution in [0.5, 0.6) is 5.75 Å². The highest BCUT2D eigenvalue weighted by Gasteiger charge is 2.21. The lowest BCUT2D eigenvalue weighted by Crippen LogP contribution is -2.49. The fourth-order valence-electron chi connectivity index (χ4n) is 4.40. The first kappa shape index (κ1) is 20.2. The van der Waals surface area contributed by atoms with Crippen molar-refractivity contribution in [2.75, 3.05) is 59.0 Å². The summed E-state index contributed by atoms with van der Waals surface area (Å²) in [4.78, 5) is 30.4. The zero-order chi connectivity index (χ0) is 20.1. The normalized spacial score (nSPS) is 20.0. The van der Waals surface area contributed by atoms with E-state index in [1.54, 1.807) is 0 Å². The molecule has 3 aliphatic heterocycles. The van der Waals surface area contributed by atoms with Crippen LogP contribution in [0.25, 0.3) is 0 Å². The molecule has 0 saturated carbocycles. The molecule has 0 radical (unpaired) electrons. The summed E-state index contributed by atoms with van der Waals surface area (Å²) in [5.41, 5.74) is 2.67. The topological polar surface area (TPSA) is 65.1 Å². The van der Waals surface area contributed by atoms with Gasteiger partial charge in [0.2, 0.25) is 11.8 Å². The number of carbonyl (C=O) groups is 2. The van der Waals surface area contributed by atoms with Crippen LogP contribution < -0.4 is 10.1 Å². The maximum absolute atomic E-state index is 12.2. The maximum atomic E-state index is 12.2. The molecule has 2 saturated heterocycles. The number of piperazine rings is 1. The third kappa shape index (κ3) is 5.48. The van der Waals surface area contributed by atoms with Crippen LogP contribution in [0.3, 0.4) is 0 Å². The van der Waals surface area contributed by atoms with Crippen LogP contribution in [-0.2, 0) is 22.6 Å². The molecular formula is C22H32N4O3. The summed E-state index contributed by atoms with van der Waals surface area (Å²) >= 11 is 0. The summed E-state index contributed by atoms with van der Waals surface area (Å²) in [6.07, 6.45) is 3.49. The van der Waals surface area contributed by atoms with Gasteiger partial charge in [-0.25, -0.2) is 0 Å². The second kappa shape index (κ2) is 9.59. The second-order valence-electron chi connectivity index (χ2n) is 8.28. The van der Waals surface area contributed by atoms with Crippen molar-refractivity contribution in [3.05, 3.63) is 29.3 Å². The Morgan fingerprint density at radius 1 is 1.07 bits per heavy atom. The van der Waals surface area contributed by atoms with E-state index in [-0.39, 0.29) is 11.8 Å². The number of nitrogens with zero attached hydrogens (tertiary/aromatic N) is 3. The third-order valence-corrected chi connectivity index (χ3v) is 6.09. The molecule has 29 heavy (non-hydrogen) atoms. The molecule has 7 heteroatoms. The van der Waals surface area contributed by atoms with Gasteiger partial charge < -0.3 is 15.0 Å². The third-order valence-electron chi connectivity index (χ3n) is 6.09. The van der Waals surface area contributed by atoms with Gasteiger partial charge in [-0.15, -0.1) is 0 Å². The zero-order valence-electron chi connectivity index (χ0n) is 17.2. The average molecular weight is 401 g/mol. The van der Waals surface area contributed by atoms with E-state index < -0.39 is 0 Å². The Kier molecular flexibility index (Phi) is 6.67. The maximum Gasteiger partial charge on any atom is 0.234 e. The van der Waals surface area contributed by atoms with Gasteiger partial charge in [0.25, 0.3) is 0 Å². The predicted molar refractivity (Wildman–Crippen MR) is 111 cm³/mol. The van der Waals surface area contributed by atoms with Gasteiger partial charge in [0.15, 0.2) is 0 Å². The monoisotopic (exact) mass is 400 g/mol. The quantitative estimate of drug-likeness (QED) is 0.656. The van der Waals surface area contributed by atoms with Crippen molar-refractivity contribution in [1.82, 2.24) is 20.0 Å². The van der Waals surface area contributed by atoms with Crippen molar-refractivity contribution in [2.45, 2.75) is 32.2 Å². The van der Waals surface area contributed by atoms with E-state index in [4.69, 9.17) is 4.74 Å². The highest BCUT2D eigenvalue weighted by atomic mass is 16.5. The Morgan fingerprint density at radius 2 is 1.90 bits per heavy atom. The number of carbonyl (C=O) groups excluding carboxylic acids is 2. The molecule has 2 amide bonds. The molecule has 3 aliphatic rings. The van der Waals surface area contributed by atoms with Crippen LogP contribution in [-0.4, -0.2) is 85.5 Å². The molecule has 0 aliphatic carbocycles. The van der Waals surface area contributed by atoms with E-state index in [0.29, 0.717) is 19.5 Å². The molecule has 1 aromatic rings. The lowest BCUT2D eigenvalue weighted by Gasteiger charge is -2.34. The van der Waals surface area contributed by atoms with E-state index in [0.717, 1.165) is 77.4 Å².